The molecule has 0 saturated carbocycles. The van der Waals surface area contributed by atoms with Crippen LogP contribution in [0.4, 0.5) is 0 Å². The fraction of sp³-hybridized carbons (Fsp3) is 0.278. The van der Waals surface area contributed by atoms with Gasteiger partial charge in [0.1, 0.15) is 5.66 Å². The summed E-state index contributed by atoms with van der Waals surface area (Å²) >= 11 is 8.35. The molecule has 3 unspecified atom stereocenters. The molecule has 0 aromatic heterocycles. The van der Waals surface area contributed by atoms with Crippen LogP contribution >= 0.6 is 34.2 Å². The first-order valence-corrected chi connectivity index (χ1v) is 8.83. The monoisotopic (exact) mass is 422 g/mol. The summed E-state index contributed by atoms with van der Waals surface area (Å²) < 4.78 is 1.25. The number of halogens is 2. The van der Waals surface area contributed by atoms with Gasteiger partial charge in [0.15, 0.2) is 0 Å². The number of aliphatic imine (C=N–C) groups is 1. The first-order valence-electron chi connectivity index (χ1n) is 7.37. The van der Waals surface area contributed by atoms with Gasteiger partial charge in [0, 0.05) is 8.59 Å². The summed E-state index contributed by atoms with van der Waals surface area (Å²) in [6, 6.07) is 17.7. The van der Waals surface area contributed by atoms with E-state index in [4.69, 9.17) is 16.6 Å². The molecule has 2 aromatic rings. The number of hydrogen-bond donors (Lipinski definition) is 0. The van der Waals surface area contributed by atoms with Crippen molar-refractivity contribution in [3.8, 4) is 0 Å². The van der Waals surface area contributed by atoms with E-state index >= 15 is 0 Å². The summed E-state index contributed by atoms with van der Waals surface area (Å²) in [6.07, 6.45) is 0. The average molecular weight is 423 g/mol. The van der Waals surface area contributed by atoms with Gasteiger partial charge in [-0.1, -0.05) is 35.9 Å². The van der Waals surface area contributed by atoms with Crippen molar-refractivity contribution in [1.82, 2.24) is 4.90 Å². The third kappa shape index (κ3) is 2.30. The Labute approximate surface area is 149 Å². The lowest BCUT2D eigenvalue weighted by Crippen LogP contribution is -2.25. The summed E-state index contributed by atoms with van der Waals surface area (Å²) in [5.41, 5.74) is 3.62. The molecule has 4 rings (SSSR count). The topological polar surface area (TPSA) is 15.4 Å². The van der Waals surface area contributed by atoms with Crippen molar-refractivity contribution in [2.75, 3.05) is 0 Å². The minimum absolute atomic E-state index is 0.146. The second-order valence-electron chi connectivity index (χ2n) is 6.35. The van der Waals surface area contributed by atoms with Gasteiger partial charge >= 0.3 is 0 Å². The number of nitrogens with zero attached hydrogens (tertiary/aromatic N) is 2. The first-order chi connectivity index (χ1) is 10.5. The minimum Gasteiger partial charge on any atom is -0.266 e. The van der Waals surface area contributed by atoms with E-state index < -0.39 is 0 Å². The maximum absolute atomic E-state index is 6.01. The summed E-state index contributed by atoms with van der Waals surface area (Å²) in [5, 5.41) is 0.787. The fourth-order valence-corrected chi connectivity index (χ4v) is 3.96. The third-order valence-electron chi connectivity index (χ3n) is 4.47. The quantitative estimate of drug-likeness (QED) is 0.496. The van der Waals surface area contributed by atoms with Gasteiger partial charge < -0.3 is 0 Å². The Morgan fingerprint density at radius 1 is 1.00 bits per heavy atom. The highest BCUT2D eigenvalue weighted by molar-refractivity contribution is 14.1. The average Bonchev–Trinajstić information content (AvgIpc) is 3.16. The van der Waals surface area contributed by atoms with Crippen molar-refractivity contribution in [1.29, 1.82) is 0 Å². The van der Waals surface area contributed by atoms with Gasteiger partial charge in [0.2, 0.25) is 0 Å². The molecule has 2 nitrogen and oxygen atoms in total. The maximum Gasteiger partial charge on any atom is 0.109 e. The molecule has 4 heteroatoms. The molecule has 1 saturated heterocycles. The zero-order chi connectivity index (χ0) is 15.5. The van der Waals surface area contributed by atoms with Gasteiger partial charge in [0.05, 0.1) is 17.8 Å². The molecule has 112 valence electrons. The second kappa shape index (κ2) is 5.05. The summed E-state index contributed by atoms with van der Waals surface area (Å²) in [5.74, 6) is 0. The van der Waals surface area contributed by atoms with Gasteiger partial charge in [-0.15, -0.1) is 0 Å². The van der Waals surface area contributed by atoms with Gasteiger partial charge in [-0.05, 0) is 71.8 Å². The Balaban J connectivity index is 1.70. The smallest absolute Gasteiger partial charge is 0.109 e. The number of benzene rings is 2. The van der Waals surface area contributed by atoms with E-state index in [1.807, 2.05) is 12.1 Å². The lowest BCUT2D eigenvalue weighted by Gasteiger charge is -2.20. The molecule has 2 aliphatic heterocycles. The summed E-state index contributed by atoms with van der Waals surface area (Å²) in [4.78, 5) is 7.43. The van der Waals surface area contributed by atoms with Crippen LogP contribution in [0.15, 0.2) is 53.5 Å². The van der Waals surface area contributed by atoms with Crippen LogP contribution in [0.5, 0.6) is 0 Å². The Hall–Kier alpha value is -0.910. The predicted molar refractivity (Wildman–Crippen MR) is 99.6 cm³/mol. The van der Waals surface area contributed by atoms with Crippen molar-refractivity contribution in [3.05, 3.63) is 68.3 Å². The minimum atomic E-state index is -0.146. The molecule has 1 fully saturated rings. The molecule has 0 radical (unpaired) electrons. The van der Waals surface area contributed by atoms with E-state index in [1.165, 1.54) is 20.4 Å². The lowest BCUT2D eigenvalue weighted by molar-refractivity contribution is 0.281. The van der Waals surface area contributed by atoms with Crippen LogP contribution in [-0.2, 0) is 0 Å². The maximum atomic E-state index is 6.01. The van der Waals surface area contributed by atoms with E-state index in [0.29, 0.717) is 12.1 Å². The van der Waals surface area contributed by atoms with Crippen LogP contribution in [0.2, 0.25) is 5.02 Å². The molecule has 22 heavy (non-hydrogen) atoms. The van der Waals surface area contributed by atoms with Gasteiger partial charge in [-0.3, -0.25) is 9.89 Å². The normalized spacial score (nSPS) is 28.2. The van der Waals surface area contributed by atoms with Crippen LogP contribution in [-0.4, -0.2) is 22.3 Å². The van der Waals surface area contributed by atoms with Crippen molar-refractivity contribution >= 4 is 39.9 Å². The van der Waals surface area contributed by atoms with E-state index in [0.717, 1.165) is 5.02 Å². The van der Waals surface area contributed by atoms with Crippen LogP contribution < -0.4 is 0 Å². The molecule has 2 heterocycles. The number of hydrogen-bond acceptors (Lipinski definition) is 2. The summed E-state index contributed by atoms with van der Waals surface area (Å²) in [6.45, 7) is 4.38. The molecule has 0 N–H and O–H groups in total. The van der Waals surface area contributed by atoms with Gasteiger partial charge in [-0.2, -0.15) is 0 Å². The highest BCUT2D eigenvalue weighted by Crippen LogP contribution is 2.54. The Bertz CT molecular complexity index is 750. The molecule has 2 aliphatic rings. The molecular weight excluding hydrogens is 407 g/mol. The van der Waals surface area contributed by atoms with Crippen molar-refractivity contribution < 1.29 is 0 Å². The number of rotatable bonds is 2. The Morgan fingerprint density at radius 2 is 1.64 bits per heavy atom. The SMILES string of the molecule is CC1(C)N=C(c2ccc(I)cc2)C2C(c3ccc(Cl)cc3)N21. The van der Waals surface area contributed by atoms with Gasteiger partial charge in [-0.25, -0.2) is 0 Å². The second-order valence-corrected chi connectivity index (χ2v) is 8.03. The van der Waals surface area contributed by atoms with Crippen molar-refractivity contribution in [3.63, 3.8) is 0 Å². The molecule has 0 bridgehead atoms. The molecule has 0 spiro atoms. The van der Waals surface area contributed by atoms with Crippen LogP contribution in [0, 0.1) is 3.57 Å². The lowest BCUT2D eigenvalue weighted by atomic mass is 10.0. The van der Waals surface area contributed by atoms with E-state index in [9.17, 15) is 0 Å². The predicted octanol–water partition coefficient (Wildman–Crippen LogP) is 4.91. The molecule has 0 aliphatic carbocycles. The van der Waals surface area contributed by atoms with E-state index in [2.05, 4.69) is 77.7 Å². The van der Waals surface area contributed by atoms with Crippen LogP contribution in [0.3, 0.4) is 0 Å². The van der Waals surface area contributed by atoms with Crippen molar-refractivity contribution in [2.24, 2.45) is 4.99 Å². The van der Waals surface area contributed by atoms with E-state index in [1.54, 1.807) is 0 Å². The highest BCUT2D eigenvalue weighted by atomic mass is 127. The fourth-order valence-electron chi connectivity index (χ4n) is 3.47. The standard InChI is InChI=1S/C18H16ClIN2/c1-18(2)21-15(11-5-9-14(20)10-6-11)17-16(22(17)18)12-3-7-13(19)8-4-12/h3-10,16-17H,1-2H3. The van der Waals surface area contributed by atoms with Crippen molar-refractivity contribution in [2.45, 2.75) is 31.6 Å². The molecule has 2 aromatic carbocycles. The van der Waals surface area contributed by atoms with Crippen LogP contribution in [0.25, 0.3) is 0 Å². The Kier molecular flexibility index (Phi) is 3.36. The first kappa shape index (κ1) is 14.7. The van der Waals surface area contributed by atoms with Crippen LogP contribution in [0.1, 0.15) is 31.0 Å². The van der Waals surface area contributed by atoms with Gasteiger partial charge in [0.25, 0.3) is 0 Å². The Morgan fingerprint density at radius 3 is 2.27 bits per heavy atom. The highest BCUT2D eigenvalue weighted by Gasteiger charge is 2.62. The molecule has 0 amide bonds. The molecular formula is C18H16ClIN2. The van der Waals surface area contributed by atoms with E-state index in [-0.39, 0.29) is 5.66 Å². The number of fused-ring (bicyclic) bond motifs is 1. The summed E-state index contributed by atoms with van der Waals surface area (Å²) in [7, 11) is 0. The largest absolute Gasteiger partial charge is 0.266 e. The third-order valence-corrected chi connectivity index (χ3v) is 5.44. The zero-order valence-electron chi connectivity index (χ0n) is 12.4. The zero-order valence-corrected chi connectivity index (χ0v) is 15.3. The molecule has 3 atom stereocenters.